The topological polar surface area (TPSA) is 111 Å². The Morgan fingerprint density at radius 3 is 2.60 bits per heavy atom. The third kappa shape index (κ3) is 4.28. The van der Waals surface area contributed by atoms with Gasteiger partial charge in [-0.2, -0.15) is 0 Å². The van der Waals surface area contributed by atoms with Crippen LogP contribution < -0.4 is 4.90 Å². The summed E-state index contributed by atoms with van der Waals surface area (Å²) in [5.74, 6) is 1.44. The largest absolute Gasteiger partial charge is 0.481 e. The minimum absolute atomic E-state index is 0.0496. The lowest BCUT2D eigenvalue weighted by atomic mass is 9.85. The van der Waals surface area contributed by atoms with Gasteiger partial charge < -0.3 is 18.8 Å². The number of ether oxygens (including phenoxy) is 1. The lowest BCUT2D eigenvalue weighted by molar-refractivity contribution is -0.143. The Labute approximate surface area is 204 Å². The van der Waals surface area contributed by atoms with Crippen LogP contribution in [0.3, 0.4) is 0 Å². The number of hydrogen-bond donors (Lipinski definition) is 1. The maximum Gasteiger partial charge on any atom is 0.414 e. The molecule has 5 rings (SSSR count). The van der Waals surface area contributed by atoms with Gasteiger partial charge in [0, 0.05) is 30.5 Å². The molecule has 1 aliphatic heterocycles. The first-order valence-corrected chi connectivity index (χ1v) is 12.4. The first-order valence-electron chi connectivity index (χ1n) is 12.4. The fourth-order valence-corrected chi connectivity index (χ4v) is 5.72. The van der Waals surface area contributed by atoms with E-state index in [9.17, 15) is 14.7 Å². The zero-order valence-corrected chi connectivity index (χ0v) is 20.5. The van der Waals surface area contributed by atoms with E-state index in [0.717, 1.165) is 59.6 Å². The van der Waals surface area contributed by atoms with Gasteiger partial charge in [0.15, 0.2) is 5.89 Å². The normalized spacial score (nSPS) is 22.3. The third-order valence-electron chi connectivity index (χ3n) is 7.54. The van der Waals surface area contributed by atoms with Crippen molar-refractivity contribution in [2.24, 2.45) is 5.92 Å². The van der Waals surface area contributed by atoms with E-state index in [-0.39, 0.29) is 24.1 Å². The van der Waals surface area contributed by atoms with Crippen molar-refractivity contribution in [1.29, 1.82) is 0 Å². The Kier molecular flexibility index (Phi) is 6.25. The predicted octanol–water partition coefficient (Wildman–Crippen LogP) is 4.84. The van der Waals surface area contributed by atoms with E-state index in [2.05, 4.69) is 15.6 Å². The summed E-state index contributed by atoms with van der Waals surface area (Å²) in [7, 11) is 1.41. The Bertz CT molecular complexity index is 1250. The summed E-state index contributed by atoms with van der Waals surface area (Å²) in [5.41, 5.74) is 3.89. The second-order valence-electron chi connectivity index (χ2n) is 9.77. The number of hydrogen-bond acceptors (Lipinski definition) is 6. The van der Waals surface area contributed by atoms with Crippen LogP contribution in [0.2, 0.25) is 0 Å². The number of carbonyl (C=O) groups excluding carboxylic acids is 1. The minimum Gasteiger partial charge on any atom is -0.481 e. The summed E-state index contributed by atoms with van der Waals surface area (Å²) in [5, 5.41) is 9.46. The molecule has 3 heterocycles. The van der Waals surface area contributed by atoms with Gasteiger partial charge in [-0.05, 0) is 64.5 Å². The molecule has 0 radical (unpaired) electrons. The minimum atomic E-state index is -0.704. The highest BCUT2D eigenvalue weighted by atomic mass is 16.5. The van der Waals surface area contributed by atoms with Crippen LogP contribution in [0.25, 0.3) is 11.0 Å². The van der Waals surface area contributed by atoms with Crippen molar-refractivity contribution >= 4 is 28.8 Å². The second kappa shape index (κ2) is 9.36. The Morgan fingerprint density at radius 2 is 1.94 bits per heavy atom. The van der Waals surface area contributed by atoms with Crippen LogP contribution in [0.5, 0.6) is 0 Å². The highest BCUT2D eigenvalue weighted by Crippen LogP contribution is 2.40. The molecule has 1 aromatic carbocycles. The number of benzene rings is 1. The fraction of sp³-hybridized carbons (Fsp3) is 0.538. The molecule has 2 aromatic heterocycles. The molecule has 1 saturated carbocycles. The van der Waals surface area contributed by atoms with Gasteiger partial charge >= 0.3 is 12.1 Å². The number of fused-ring (bicyclic) bond motifs is 3. The van der Waals surface area contributed by atoms with Gasteiger partial charge in [0.1, 0.15) is 11.6 Å². The van der Waals surface area contributed by atoms with Crippen LogP contribution in [0.4, 0.5) is 10.5 Å². The summed E-state index contributed by atoms with van der Waals surface area (Å²) < 4.78 is 13.1. The smallest absolute Gasteiger partial charge is 0.414 e. The van der Waals surface area contributed by atoms with Crippen LogP contribution in [-0.2, 0) is 28.8 Å². The molecular formula is C26H32N4O5. The van der Waals surface area contributed by atoms with Gasteiger partial charge in [0.2, 0.25) is 0 Å². The molecular weight excluding hydrogens is 448 g/mol. The molecule has 9 heteroatoms. The number of methoxy groups -OCH3 is 1. The lowest BCUT2D eigenvalue weighted by Crippen LogP contribution is -2.42. The van der Waals surface area contributed by atoms with E-state index in [0.29, 0.717) is 31.6 Å². The molecule has 1 aliphatic carbocycles. The highest BCUT2D eigenvalue weighted by molar-refractivity contribution is 5.95. The standard InChI is InChI=1S/C26H32N4O5/c1-15-4-9-19-20(29(15)26(33)34-3)10-11-21-24(19)28-22(12-13-23-27-14-16(2)35-23)30(21)18-7-5-17(6-8-18)25(31)32/h10-11,14-15,17-18H,4-9,12-13H2,1-3H3,(H,31,32)/t15-,17-,18-/m0/s1. The molecule has 186 valence electrons. The van der Waals surface area contributed by atoms with E-state index < -0.39 is 5.97 Å². The van der Waals surface area contributed by atoms with Crippen molar-refractivity contribution in [2.75, 3.05) is 12.0 Å². The Morgan fingerprint density at radius 1 is 1.17 bits per heavy atom. The van der Waals surface area contributed by atoms with Crippen molar-refractivity contribution in [3.05, 3.63) is 41.4 Å². The van der Waals surface area contributed by atoms with Crippen LogP contribution in [0, 0.1) is 12.8 Å². The number of carboxylic acids is 1. The van der Waals surface area contributed by atoms with Crippen LogP contribution in [0.1, 0.15) is 68.1 Å². The number of rotatable bonds is 5. The summed E-state index contributed by atoms with van der Waals surface area (Å²) in [6.07, 6.45) is 7.27. The van der Waals surface area contributed by atoms with Gasteiger partial charge in [-0.15, -0.1) is 0 Å². The number of aliphatic carboxylic acids is 1. The van der Waals surface area contributed by atoms with Crippen molar-refractivity contribution in [3.8, 4) is 0 Å². The van der Waals surface area contributed by atoms with Gasteiger partial charge in [0.25, 0.3) is 0 Å². The number of carbonyl (C=O) groups is 2. The molecule has 9 nitrogen and oxygen atoms in total. The third-order valence-corrected chi connectivity index (χ3v) is 7.54. The molecule has 0 spiro atoms. The quantitative estimate of drug-likeness (QED) is 0.556. The number of nitrogens with zero attached hydrogens (tertiary/aromatic N) is 4. The molecule has 0 unspecified atom stereocenters. The van der Waals surface area contributed by atoms with Crippen LogP contribution in [-0.4, -0.2) is 44.9 Å². The lowest BCUT2D eigenvalue weighted by Gasteiger charge is -2.34. The maximum atomic E-state index is 12.6. The van der Waals surface area contributed by atoms with Crippen molar-refractivity contribution in [2.45, 2.75) is 77.3 Å². The summed E-state index contributed by atoms with van der Waals surface area (Å²) in [6, 6.07) is 4.30. The molecule has 0 bridgehead atoms. The van der Waals surface area contributed by atoms with Crippen LogP contribution in [0.15, 0.2) is 22.7 Å². The first kappa shape index (κ1) is 23.4. The van der Waals surface area contributed by atoms with Crippen LogP contribution >= 0.6 is 0 Å². The predicted molar refractivity (Wildman–Crippen MR) is 130 cm³/mol. The number of aromatic nitrogens is 3. The van der Waals surface area contributed by atoms with Gasteiger partial charge in [-0.1, -0.05) is 0 Å². The Hall–Kier alpha value is -3.36. The number of imidazole rings is 1. The first-order chi connectivity index (χ1) is 16.9. The molecule has 0 saturated heterocycles. The SMILES string of the molecule is COC(=O)N1c2ccc3c(nc(CCc4ncc(C)o4)n3[C@H]3CC[C@H](C(=O)O)CC3)c2CC[C@@H]1C. The second-order valence-corrected chi connectivity index (χ2v) is 9.77. The van der Waals surface area contributed by atoms with Crippen molar-refractivity contribution in [3.63, 3.8) is 0 Å². The summed E-state index contributed by atoms with van der Waals surface area (Å²) in [4.78, 5) is 35.3. The van der Waals surface area contributed by atoms with E-state index in [1.165, 1.54) is 7.11 Å². The Balaban J connectivity index is 1.56. The van der Waals surface area contributed by atoms with Gasteiger partial charge in [-0.3, -0.25) is 9.69 Å². The number of oxazole rings is 1. The molecule has 1 atom stereocenters. The zero-order chi connectivity index (χ0) is 24.7. The van der Waals surface area contributed by atoms with E-state index in [1.807, 2.05) is 19.9 Å². The number of amides is 1. The maximum absolute atomic E-state index is 12.6. The molecule has 1 N–H and O–H groups in total. The van der Waals surface area contributed by atoms with Gasteiger partial charge in [0.05, 0.1) is 35.9 Å². The highest BCUT2D eigenvalue weighted by Gasteiger charge is 2.33. The molecule has 35 heavy (non-hydrogen) atoms. The molecule has 3 aromatic rings. The van der Waals surface area contributed by atoms with Crippen molar-refractivity contribution in [1.82, 2.24) is 14.5 Å². The average Bonchev–Trinajstić information content (AvgIpc) is 3.45. The number of carboxylic acid groups (broad SMARTS) is 1. The van der Waals surface area contributed by atoms with Crippen molar-refractivity contribution < 1.29 is 23.8 Å². The molecule has 2 aliphatic rings. The number of aryl methyl sites for hydroxylation is 4. The zero-order valence-electron chi connectivity index (χ0n) is 20.5. The monoisotopic (exact) mass is 480 g/mol. The number of anilines is 1. The summed E-state index contributed by atoms with van der Waals surface area (Å²) >= 11 is 0. The molecule has 1 fully saturated rings. The molecule has 1 amide bonds. The summed E-state index contributed by atoms with van der Waals surface area (Å²) in [6.45, 7) is 3.92. The van der Waals surface area contributed by atoms with E-state index >= 15 is 0 Å². The van der Waals surface area contributed by atoms with E-state index in [1.54, 1.807) is 11.1 Å². The fourth-order valence-electron chi connectivity index (χ4n) is 5.72. The average molecular weight is 481 g/mol. The van der Waals surface area contributed by atoms with E-state index in [4.69, 9.17) is 14.1 Å². The van der Waals surface area contributed by atoms with Gasteiger partial charge in [-0.25, -0.2) is 14.8 Å².